The fraction of sp³-hybridized carbons (Fsp3) is 0.462. The number of pyridine rings is 1. The van der Waals surface area contributed by atoms with Crippen molar-refractivity contribution in [1.82, 2.24) is 14.6 Å². The number of hydrogen-bond acceptors (Lipinski definition) is 4. The van der Waals surface area contributed by atoms with E-state index in [1.54, 1.807) is 11.4 Å². The Morgan fingerprint density at radius 1 is 1.53 bits per heavy atom. The number of aryl methyl sites for hydroxylation is 1. The van der Waals surface area contributed by atoms with Crippen LogP contribution in [0.1, 0.15) is 25.3 Å². The third kappa shape index (κ3) is 3.21. The molecule has 2 aromatic heterocycles. The predicted octanol–water partition coefficient (Wildman–Crippen LogP) is 1.95. The summed E-state index contributed by atoms with van der Waals surface area (Å²) in [4.78, 5) is 14.9. The van der Waals surface area contributed by atoms with Crippen LogP contribution in [0.15, 0.2) is 18.5 Å². The Bertz CT molecular complexity index is 579. The largest absolute Gasteiger partial charge is 0.481 e. The van der Waals surface area contributed by atoms with Gasteiger partial charge in [0.15, 0.2) is 5.65 Å². The van der Waals surface area contributed by atoms with Crippen molar-refractivity contribution in [3.8, 4) is 0 Å². The summed E-state index contributed by atoms with van der Waals surface area (Å²) >= 11 is 0. The van der Waals surface area contributed by atoms with Gasteiger partial charge in [-0.25, -0.2) is 4.98 Å². The van der Waals surface area contributed by atoms with Crippen molar-refractivity contribution in [1.29, 1.82) is 0 Å². The van der Waals surface area contributed by atoms with Crippen LogP contribution in [0.5, 0.6) is 0 Å². The molecule has 0 aromatic carbocycles. The SMILES string of the molecule is Cc1cc(NCCCC(C)C(=O)O)n2ncnc2c1. The highest BCUT2D eigenvalue weighted by atomic mass is 16.4. The molecule has 2 heterocycles. The lowest BCUT2D eigenvalue weighted by molar-refractivity contribution is -0.141. The number of fused-ring (bicyclic) bond motifs is 1. The quantitative estimate of drug-likeness (QED) is 0.778. The highest BCUT2D eigenvalue weighted by Crippen LogP contribution is 2.13. The lowest BCUT2D eigenvalue weighted by Crippen LogP contribution is -2.12. The zero-order chi connectivity index (χ0) is 13.8. The molecule has 2 rings (SSSR count). The van der Waals surface area contributed by atoms with Crippen molar-refractivity contribution in [2.24, 2.45) is 5.92 Å². The van der Waals surface area contributed by atoms with Gasteiger partial charge >= 0.3 is 5.97 Å². The van der Waals surface area contributed by atoms with Gasteiger partial charge in [0.2, 0.25) is 0 Å². The van der Waals surface area contributed by atoms with E-state index in [2.05, 4.69) is 15.4 Å². The Balaban J connectivity index is 1.94. The van der Waals surface area contributed by atoms with E-state index in [1.807, 2.05) is 19.1 Å². The number of aromatic nitrogens is 3. The van der Waals surface area contributed by atoms with E-state index in [0.717, 1.165) is 30.0 Å². The van der Waals surface area contributed by atoms with Crippen LogP contribution in [0.3, 0.4) is 0 Å². The number of carboxylic acid groups (broad SMARTS) is 1. The van der Waals surface area contributed by atoms with Gasteiger partial charge in [0, 0.05) is 6.54 Å². The van der Waals surface area contributed by atoms with Crippen molar-refractivity contribution in [3.05, 3.63) is 24.0 Å². The summed E-state index contributed by atoms with van der Waals surface area (Å²) in [5.41, 5.74) is 1.92. The third-order valence-corrected chi connectivity index (χ3v) is 3.07. The molecule has 0 saturated heterocycles. The monoisotopic (exact) mass is 262 g/mol. The summed E-state index contributed by atoms with van der Waals surface area (Å²) in [6.45, 7) is 4.45. The van der Waals surface area contributed by atoms with Crippen molar-refractivity contribution < 1.29 is 9.90 Å². The fourth-order valence-corrected chi connectivity index (χ4v) is 1.93. The summed E-state index contributed by atoms with van der Waals surface area (Å²) in [5.74, 6) is -0.157. The van der Waals surface area contributed by atoms with E-state index in [1.165, 1.54) is 6.33 Å². The molecule has 0 fully saturated rings. The molecular weight excluding hydrogens is 244 g/mol. The summed E-state index contributed by atoms with van der Waals surface area (Å²) in [7, 11) is 0. The van der Waals surface area contributed by atoms with E-state index >= 15 is 0 Å². The Hall–Kier alpha value is -2.11. The number of carboxylic acids is 1. The minimum atomic E-state index is -0.741. The van der Waals surface area contributed by atoms with E-state index in [9.17, 15) is 4.79 Å². The zero-order valence-corrected chi connectivity index (χ0v) is 11.1. The van der Waals surface area contributed by atoms with Crippen molar-refractivity contribution >= 4 is 17.4 Å². The van der Waals surface area contributed by atoms with E-state index in [0.29, 0.717) is 6.42 Å². The number of aliphatic carboxylic acids is 1. The molecule has 19 heavy (non-hydrogen) atoms. The Labute approximate surface area is 111 Å². The van der Waals surface area contributed by atoms with Crippen LogP contribution in [0.2, 0.25) is 0 Å². The molecule has 1 atom stereocenters. The fourth-order valence-electron chi connectivity index (χ4n) is 1.93. The molecule has 0 radical (unpaired) electrons. The highest BCUT2D eigenvalue weighted by molar-refractivity contribution is 5.69. The maximum absolute atomic E-state index is 10.7. The average Bonchev–Trinajstić information content (AvgIpc) is 2.81. The number of nitrogens with zero attached hydrogens (tertiary/aromatic N) is 3. The van der Waals surface area contributed by atoms with Gasteiger partial charge in [-0.2, -0.15) is 9.61 Å². The molecule has 1 unspecified atom stereocenters. The maximum Gasteiger partial charge on any atom is 0.306 e. The molecule has 0 spiro atoms. The number of carbonyl (C=O) groups is 1. The first kappa shape index (κ1) is 13.3. The molecule has 0 amide bonds. The van der Waals surface area contributed by atoms with Crippen LogP contribution >= 0.6 is 0 Å². The predicted molar refractivity (Wildman–Crippen MR) is 72.2 cm³/mol. The molecule has 0 aliphatic carbocycles. The molecule has 0 saturated carbocycles. The Morgan fingerprint density at radius 3 is 3.05 bits per heavy atom. The van der Waals surface area contributed by atoms with Crippen LogP contribution < -0.4 is 5.32 Å². The van der Waals surface area contributed by atoms with Crippen molar-refractivity contribution in [3.63, 3.8) is 0 Å². The molecule has 6 heteroatoms. The number of rotatable bonds is 6. The molecule has 0 bridgehead atoms. The average molecular weight is 262 g/mol. The van der Waals surface area contributed by atoms with Gasteiger partial charge in [-0.3, -0.25) is 4.79 Å². The van der Waals surface area contributed by atoms with Gasteiger partial charge in [0.25, 0.3) is 0 Å². The van der Waals surface area contributed by atoms with Gasteiger partial charge in [-0.1, -0.05) is 6.92 Å². The first-order chi connectivity index (χ1) is 9.08. The normalized spacial score (nSPS) is 12.5. The molecule has 102 valence electrons. The first-order valence-electron chi connectivity index (χ1n) is 6.35. The van der Waals surface area contributed by atoms with Gasteiger partial charge in [-0.05, 0) is 37.5 Å². The lowest BCUT2D eigenvalue weighted by atomic mass is 10.1. The second-order valence-electron chi connectivity index (χ2n) is 4.76. The Kier molecular flexibility index (Phi) is 3.99. The minimum Gasteiger partial charge on any atom is -0.481 e. The maximum atomic E-state index is 10.7. The van der Waals surface area contributed by atoms with E-state index in [4.69, 9.17) is 5.11 Å². The smallest absolute Gasteiger partial charge is 0.306 e. The van der Waals surface area contributed by atoms with Gasteiger partial charge in [0.05, 0.1) is 5.92 Å². The van der Waals surface area contributed by atoms with Crippen LogP contribution in [0, 0.1) is 12.8 Å². The van der Waals surface area contributed by atoms with Crippen LogP contribution in [-0.2, 0) is 4.79 Å². The number of nitrogens with one attached hydrogen (secondary N) is 1. The molecule has 6 nitrogen and oxygen atoms in total. The van der Waals surface area contributed by atoms with E-state index < -0.39 is 5.97 Å². The summed E-state index contributed by atoms with van der Waals surface area (Å²) in [6.07, 6.45) is 2.98. The topological polar surface area (TPSA) is 79.5 Å². The molecular formula is C13H18N4O2. The highest BCUT2D eigenvalue weighted by Gasteiger charge is 2.10. The second kappa shape index (κ2) is 5.69. The van der Waals surface area contributed by atoms with Crippen molar-refractivity contribution in [2.75, 3.05) is 11.9 Å². The zero-order valence-electron chi connectivity index (χ0n) is 11.1. The summed E-state index contributed by atoms with van der Waals surface area (Å²) in [5, 5.41) is 16.2. The van der Waals surface area contributed by atoms with E-state index in [-0.39, 0.29) is 5.92 Å². The second-order valence-corrected chi connectivity index (χ2v) is 4.76. The summed E-state index contributed by atoms with van der Waals surface area (Å²) in [6, 6.07) is 3.97. The van der Waals surface area contributed by atoms with Crippen LogP contribution in [-0.4, -0.2) is 32.2 Å². The summed E-state index contributed by atoms with van der Waals surface area (Å²) < 4.78 is 1.74. The molecule has 0 aliphatic rings. The standard InChI is InChI=1S/C13H18N4O2/c1-9-6-11(17-12(7-9)15-8-16-17)14-5-3-4-10(2)13(18)19/h6-8,10,14H,3-5H2,1-2H3,(H,18,19). The van der Waals surface area contributed by atoms with Crippen molar-refractivity contribution in [2.45, 2.75) is 26.7 Å². The third-order valence-electron chi connectivity index (χ3n) is 3.07. The van der Waals surface area contributed by atoms with Crippen LogP contribution in [0.25, 0.3) is 5.65 Å². The lowest BCUT2D eigenvalue weighted by Gasteiger charge is -2.10. The van der Waals surface area contributed by atoms with Gasteiger partial charge in [-0.15, -0.1) is 0 Å². The first-order valence-corrected chi connectivity index (χ1v) is 6.35. The molecule has 0 aliphatic heterocycles. The number of anilines is 1. The van der Waals surface area contributed by atoms with Crippen LogP contribution in [0.4, 0.5) is 5.82 Å². The number of hydrogen-bond donors (Lipinski definition) is 2. The Morgan fingerprint density at radius 2 is 2.32 bits per heavy atom. The molecule has 2 aromatic rings. The van der Waals surface area contributed by atoms with Gasteiger partial charge in [0.1, 0.15) is 12.1 Å². The van der Waals surface area contributed by atoms with Gasteiger partial charge < -0.3 is 10.4 Å². The minimum absolute atomic E-state index is 0.300. The molecule has 2 N–H and O–H groups in total.